The average molecular weight is 355 g/mol. The van der Waals surface area contributed by atoms with Crippen molar-refractivity contribution in [2.45, 2.75) is 11.4 Å². The number of carbonyl (C=O) groups is 1. The van der Waals surface area contributed by atoms with E-state index in [1.54, 1.807) is 35.8 Å². The largest absolute Gasteiger partial charge is 0.323 e. The molecule has 0 aliphatic heterocycles. The molecule has 2 amide bonds. The summed E-state index contributed by atoms with van der Waals surface area (Å²) in [4.78, 5) is 14.9. The first kappa shape index (κ1) is 17.0. The molecule has 0 aromatic heterocycles. The molecule has 2 aromatic rings. The van der Waals surface area contributed by atoms with Gasteiger partial charge in [-0.1, -0.05) is 41.4 Å². The highest BCUT2D eigenvalue weighted by atomic mass is 35.5. The molecule has 0 aliphatic carbocycles. The molecule has 0 aliphatic rings. The number of halogens is 2. The fourth-order valence-corrected chi connectivity index (χ4v) is 2.84. The quantitative estimate of drug-likeness (QED) is 0.747. The van der Waals surface area contributed by atoms with Crippen molar-refractivity contribution in [1.29, 1.82) is 0 Å². The number of benzene rings is 2. The highest BCUT2D eigenvalue weighted by Gasteiger charge is 2.13. The lowest BCUT2D eigenvalue weighted by Gasteiger charge is -2.19. The summed E-state index contributed by atoms with van der Waals surface area (Å²) in [6, 6.07) is 12.7. The number of anilines is 1. The average Bonchev–Trinajstić information content (AvgIpc) is 2.49. The molecule has 0 heterocycles. The molecule has 0 saturated carbocycles. The van der Waals surface area contributed by atoms with Crippen LogP contribution in [0.5, 0.6) is 0 Å². The van der Waals surface area contributed by atoms with Gasteiger partial charge in [-0.2, -0.15) is 0 Å². The maximum Gasteiger partial charge on any atom is 0.321 e. The second-order valence-electron chi connectivity index (χ2n) is 4.72. The number of rotatable bonds is 4. The van der Waals surface area contributed by atoms with Crippen molar-refractivity contribution in [2.75, 3.05) is 18.6 Å². The number of hydrogen-bond donors (Lipinski definition) is 1. The minimum Gasteiger partial charge on any atom is -0.323 e. The molecule has 0 bridgehead atoms. The second kappa shape index (κ2) is 7.77. The van der Waals surface area contributed by atoms with E-state index >= 15 is 0 Å². The number of hydrogen-bond acceptors (Lipinski definition) is 2. The van der Waals surface area contributed by atoms with E-state index in [0.717, 1.165) is 10.5 Å². The Bertz CT molecular complexity index is 679. The number of amides is 2. The lowest BCUT2D eigenvalue weighted by molar-refractivity contribution is 0.220. The number of carbonyl (C=O) groups excluding carboxylic acids is 1. The van der Waals surface area contributed by atoms with Crippen molar-refractivity contribution < 1.29 is 4.79 Å². The van der Waals surface area contributed by atoms with Crippen LogP contribution in [0, 0.1) is 0 Å². The van der Waals surface area contributed by atoms with E-state index in [0.29, 0.717) is 22.3 Å². The topological polar surface area (TPSA) is 32.3 Å². The number of nitrogens with one attached hydrogen (secondary N) is 1. The van der Waals surface area contributed by atoms with Crippen molar-refractivity contribution in [1.82, 2.24) is 4.90 Å². The summed E-state index contributed by atoms with van der Waals surface area (Å²) >= 11 is 13.7. The smallest absolute Gasteiger partial charge is 0.321 e. The molecule has 22 heavy (non-hydrogen) atoms. The van der Waals surface area contributed by atoms with Gasteiger partial charge in [-0.3, -0.25) is 0 Å². The van der Waals surface area contributed by atoms with Gasteiger partial charge in [0.25, 0.3) is 0 Å². The first-order chi connectivity index (χ1) is 10.5. The van der Waals surface area contributed by atoms with Gasteiger partial charge in [0.05, 0.1) is 5.69 Å². The molecule has 0 fully saturated rings. The Hall–Kier alpha value is -1.36. The van der Waals surface area contributed by atoms with Gasteiger partial charge in [0, 0.05) is 28.5 Å². The van der Waals surface area contributed by atoms with E-state index in [4.69, 9.17) is 23.2 Å². The molecule has 2 rings (SSSR count). The lowest BCUT2D eigenvalue weighted by atomic mass is 10.2. The Morgan fingerprint density at radius 1 is 1.23 bits per heavy atom. The predicted octanol–water partition coefficient (Wildman–Crippen LogP) is 5.38. The second-order valence-corrected chi connectivity index (χ2v) is 6.41. The zero-order chi connectivity index (χ0) is 16.1. The van der Waals surface area contributed by atoms with Crippen LogP contribution in [-0.2, 0) is 6.54 Å². The molecule has 0 unspecified atom stereocenters. The van der Waals surface area contributed by atoms with Crippen molar-refractivity contribution in [2.24, 2.45) is 0 Å². The summed E-state index contributed by atoms with van der Waals surface area (Å²) in [5.41, 5.74) is 1.61. The Balaban J connectivity index is 2.09. The summed E-state index contributed by atoms with van der Waals surface area (Å²) in [5, 5.41) is 4.11. The van der Waals surface area contributed by atoms with Crippen LogP contribution in [-0.4, -0.2) is 24.2 Å². The van der Waals surface area contributed by atoms with Gasteiger partial charge in [-0.25, -0.2) is 4.79 Å². The van der Waals surface area contributed by atoms with Crippen LogP contribution >= 0.6 is 35.0 Å². The fourth-order valence-electron chi connectivity index (χ4n) is 1.94. The summed E-state index contributed by atoms with van der Waals surface area (Å²) in [7, 11) is 1.72. The van der Waals surface area contributed by atoms with Gasteiger partial charge in [-0.05, 0) is 36.1 Å². The molecule has 6 heteroatoms. The number of thioether (sulfide) groups is 1. The zero-order valence-corrected chi connectivity index (χ0v) is 14.6. The Kier molecular flexibility index (Phi) is 6.00. The molecule has 2 aromatic carbocycles. The first-order valence-electron chi connectivity index (χ1n) is 6.60. The Labute approximate surface area is 144 Å². The summed E-state index contributed by atoms with van der Waals surface area (Å²) < 4.78 is 0. The number of nitrogens with zero attached hydrogens (tertiary/aromatic N) is 1. The van der Waals surface area contributed by atoms with Gasteiger partial charge < -0.3 is 10.2 Å². The van der Waals surface area contributed by atoms with Crippen molar-refractivity contribution in [3.8, 4) is 0 Å². The van der Waals surface area contributed by atoms with Crippen LogP contribution in [0.15, 0.2) is 47.4 Å². The molecule has 3 nitrogen and oxygen atoms in total. The maximum absolute atomic E-state index is 12.3. The molecule has 0 atom stereocenters. The summed E-state index contributed by atoms with van der Waals surface area (Å²) in [6.45, 7) is 0.431. The van der Waals surface area contributed by atoms with Crippen molar-refractivity contribution >= 4 is 46.7 Å². The normalized spacial score (nSPS) is 10.4. The van der Waals surface area contributed by atoms with Gasteiger partial charge >= 0.3 is 6.03 Å². The fraction of sp³-hybridized carbons (Fsp3) is 0.188. The first-order valence-corrected chi connectivity index (χ1v) is 8.58. The van der Waals surface area contributed by atoms with Gasteiger partial charge in [0.2, 0.25) is 0 Å². The van der Waals surface area contributed by atoms with E-state index < -0.39 is 0 Å². The standard InChI is InChI=1S/C16H16Cl2N2OS/c1-20(10-11-5-3-4-6-13(11)18)16(21)19-14-9-12(17)7-8-15(14)22-2/h3-9H,10H2,1-2H3,(H,19,21). The molecule has 0 saturated heterocycles. The van der Waals surface area contributed by atoms with Crippen LogP contribution in [0.4, 0.5) is 10.5 Å². The van der Waals surface area contributed by atoms with Gasteiger partial charge in [0.15, 0.2) is 0 Å². The third-order valence-corrected chi connectivity index (χ3v) is 4.51. The SMILES string of the molecule is CSc1ccc(Cl)cc1NC(=O)N(C)Cc1ccccc1Cl. The zero-order valence-electron chi connectivity index (χ0n) is 12.3. The van der Waals surface area contributed by atoms with Crippen LogP contribution in [0.25, 0.3) is 0 Å². The predicted molar refractivity (Wildman–Crippen MR) is 95.2 cm³/mol. The monoisotopic (exact) mass is 354 g/mol. The third-order valence-electron chi connectivity index (χ3n) is 3.12. The van der Waals surface area contributed by atoms with Gasteiger partial charge in [0.1, 0.15) is 0 Å². The molecular weight excluding hydrogens is 339 g/mol. The Morgan fingerprint density at radius 2 is 1.95 bits per heavy atom. The van der Waals surface area contributed by atoms with Gasteiger partial charge in [-0.15, -0.1) is 11.8 Å². The van der Waals surface area contributed by atoms with Crippen LogP contribution in [0.1, 0.15) is 5.56 Å². The van der Waals surface area contributed by atoms with Crippen LogP contribution in [0.2, 0.25) is 10.0 Å². The molecule has 116 valence electrons. The summed E-state index contributed by atoms with van der Waals surface area (Å²) in [6.07, 6.45) is 1.95. The van der Waals surface area contributed by atoms with E-state index in [1.165, 1.54) is 0 Å². The van der Waals surface area contributed by atoms with E-state index in [-0.39, 0.29) is 6.03 Å². The van der Waals surface area contributed by atoms with Crippen LogP contribution < -0.4 is 5.32 Å². The highest BCUT2D eigenvalue weighted by Crippen LogP contribution is 2.28. The van der Waals surface area contributed by atoms with E-state index in [9.17, 15) is 4.79 Å². The number of urea groups is 1. The maximum atomic E-state index is 12.3. The lowest BCUT2D eigenvalue weighted by Crippen LogP contribution is -2.31. The third kappa shape index (κ3) is 4.32. The van der Waals surface area contributed by atoms with Crippen molar-refractivity contribution in [3.05, 3.63) is 58.1 Å². The van der Waals surface area contributed by atoms with E-state index in [2.05, 4.69) is 5.32 Å². The molecule has 1 N–H and O–H groups in total. The molecule has 0 radical (unpaired) electrons. The minimum absolute atomic E-state index is 0.211. The minimum atomic E-state index is -0.211. The van der Waals surface area contributed by atoms with E-state index in [1.807, 2.05) is 36.6 Å². The Morgan fingerprint density at radius 3 is 2.64 bits per heavy atom. The molecule has 0 spiro atoms. The molecular formula is C16H16Cl2N2OS. The van der Waals surface area contributed by atoms with Crippen molar-refractivity contribution in [3.63, 3.8) is 0 Å². The summed E-state index contributed by atoms with van der Waals surface area (Å²) in [5.74, 6) is 0. The van der Waals surface area contributed by atoms with Crippen LogP contribution in [0.3, 0.4) is 0 Å². The highest BCUT2D eigenvalue weighted by molar-refractivity contribution is 7.98.